The highest BCUT2D eigenvalue weighted by Gasteiger charge is 2.32. The number of aliphatic hydroxyl groups is 1. The minimum absolute atomic E-state index is 0.133. The predicted octanol–water partition coefficient (Wildman–Crippen LogP) is -0.500. The lowest BCUT2D eigenvalue weighted by Gasteiger charge is -2.14. The van der Waals surface area contributed by atoms with E-state index in [-0.39, 0.29) is 12.1 Å². The quantitative estimate of drug-likeness (QED) is 0.565. The highest BCUT2D eigenvalue weighted by Crippen LogP contribution is 2.15. The van der Waals surface area contributed by atoms with Gasteiger partial charge in [0.1, 0.15) is 0 Å². The molecule has 3 N–H and O–H groups in total. The third kappa shape index (κ3) is 2.42. The first-order valence-electron chi connectivity index (χ1n) is 4.38. The van der Waals surface area contributed by atoms with Crippen LogP contribution in [0.15, 0.2) is 0 Å². The maximum atomic E-state index is 9.45. The zero-order chi connectivity index (χ0) is 8.97. The summed E-state index contributed by atoms with van der Waals surface area (Å²) in [6.07, 6.45) is 0.0694. The molecular weight excluding hydrogens is 158 g/mol. The third-order valence-electron chi connectivity index (χ3n) is 2.07. The molecule has 0 aromatic rings. The number of nitrogens with two attached hydrogens (primary N) is 1. The fourth-order valence-corrected chi connectivity index (χ4v) is 1.31. The van der Waals surface area contributed by atoms with E-state index in [9.17, 15) is 5.11 Å². The molecule has 3 atom stereocenters. The van der Waals surface area contributed by atoms with E-state index in [4.69, 9.17) is 15.2 Å². The molecular formula is C8H17NO3. The fraction of sp³-hybridized carbons (Fsp3) is 1.00. The Kier molecular flexibility index (Phi) is 3.94. The predicted molar refractivity (Wildman–Crippen MR) is 44.8 cm³/mol. The average molecular weight is 175 g/mol. The van der Waals surface area contributed by atoms with Crippen molar-refractivity contribution in [2.75, 3.05) is 19.8 Å². The first-order valence-corrected chi connectivity index (χ1v) is 4.38. The van der Waals surface area contributed by atoms with Crippen LogP contribution in [-0.2, 0) is 9.47 Å². The fourth-order valence-electron chi connectivity index (χ4n) is 1.31. The van der Waals surface area contributed by atoms with E-state index in [1.165, 1.54) is 0 Å². The Hall–Kier alpha value is -0.160. The second kappa shape index (κ2) is 4.77. The molecule has 1 saturated heterocycles. The van der Waals surface area contributed by atoms with Crippen LogP contribution in [0.1, 0.15) is 13.3 Å². The van der Waals surface area contributed by atoms with Crippen LogP contribution in [0.3, 0.4) is 0 Å². The number of ether oxygens (including phenoxy) is 2. The highest BCUT2D eigenvalue weighted by atomic mass is 16.5. The molecule has 0 spiro atoms. The molecule has 72 valence electrons. The molecule has 1 rings (SSSR count). The van der Waals surface area contributed by atoms with Crippen LogP contribution in [0.2, 0.25) is 0 Å². The maximum absolute atomic E-state index is 9.45. The lowest BCUT2D eigenvalue weighted by molar-refractivity contribution is 0.0137. The van der Waals surface area contributed by atoms with Crippen LogP contribution >= 0.6 is 0 Å². The van der Waals surface area contributed by atoms with Gasteiger partial charge in [-0.15, -0.1) is 0 Å². The molecule has 0 aromatic carbocycles. The lowest BCUT2D eigenvalue weighted by atomic mass is 10.1. The molecule has 1 fully saturated rings. The van der Waals surface area contributed by atoms with Gasteiger partial charge < -0.3 is 20.3 Å². The Bertz CT molecular complexity index is 131. The van der Waals surface area contributed by atoms with Crippen molar-refractivity contribution in [1.29, 1.82) is 0 Å². The summed E-state index contributed by atoms with van der Waals surface area (Å²) in [4.78, 5) is 0. The van der Waals surface area contributed by atoms with E-state index in [1.807, 2.05) is 6.92 Å². The Labute approximate surface area is 72.6 Å². The van der Waals surface area contributed by atoms with E-state index in [0.29, 0.717) is 19.8 Å². The van der Waals surface area contributed by atoms with Crippen molar-refractivity contribution in [3.8, 4) is 0 Å². The van der Waals surface area contributed by atoms with Crippen molar-refractivity contribution in [1.82, 2.24) is 0 Å². The van der Waals surface area contributed by atoms with Crippen molar-refractivity contribution < 1.29 is 14.6 Å². The van der Waals surface area contributed by atoms with Crippen LogP contribution in [0.25, 0.3) is 0 Å². The minimum Gasteiger partial charge on any atom is -0.389 e. The van der Waals surface area contributed by atoms with Crippen LogP contribution in [0.4, 0.5) is 0 Å². The summed E-state index contributed by atoms with van der Waals surface area (Å²) in [5.41, 5.74) is 5.56. The number of hydrogen-bond acceptors (Lipinski definition) is 4. The van der Waals surface area contributed by atoms with Gasteiger partial charge in [0.2, 0.25) is 0 Å². The Balaban J connectivity index is 2.16. The smallest absolute Gasteiger partial charge is 0.0975 e. The average Bonchev–Trinajstić information content (AvgIpc) is 2.36. The zero-order valence-corrected chi connectivity index (χ0v) is 7.40. The topological polar surface area (TPSA) is 64.7 Å². The van der Waals surface area contributed by atoms with Crippen LogP contribution in [0.5, 0.6) is 0 Å². The number of rotatable bonds is 4. The van der Waals surface area contributed by atoms with Crippen molar-refractivity contribution in [3.63, 3.8) is 0 Å². The summed E-state index contributed by atoms with van der Waals surface area (Å²) < 4.78 is 10.4. The first-order chi connectivity index (χ1) is 5.75. The van der Waals surface area contributed by atoms with Gasteiger partial charge in [-0.1, -0.05) is 0 Å². The van der Waals surface area contributed by atoms with E-state index in [0.717, 1.165) is 6.42 Å². The van der Waals surface area contributed by atoms with Crippen LogP contribution in [-0.4, -0.2) is 43.2 Å². The Morgan fingerprint density at radius 3 is 2.92 bits per heavy atom. The van der Waals surface area contributed by atoms with E-state index in [2.05, 4.69) is 0 Å². The van der Waals surface area contributed by atoms with Gasteiger partial charge in [0.15, 0.2) is 0 Å². The molecule has 12 heavy (non-hydrogen) atoms. The number of aliphatic hydroxyl groups excluding tert-OH is 1. The Morgan fingerprint density at radius 1 is 1.67 bits per heavy atom. The lowest BCUT2D eigenvalue weighted by Crippen LogP contribution is -2.36. The van der Waals surface area contributed by atoms with Crippen molar-refractivity contribution in [3.05, 3.63) is 0 Å². The van der Waals surface area contributed by atoms with Gasteiger partial charge in [0.05, 0.1) is 24.9 Å². The van der Waals surface area contributed by atoms with Gasteiger partial charge in [-0.2, -0.15) is 0 Å². The van der Waals surface area contributed by atoms with Gasteiger partial charge in [-0.25, -0.2) is 0 Å². The minimum atomic E-state index is -0.523. The van der Waals surface area contributed by atoms with Crippen molar-refractivity contribution >= 4 is 0 Å². The van der Waals surface area contributed by atoms with E-state index in [1.54, 1.807) is 0 Å². The summed E-state index contributed by atoms with van der Waals surface area (Å²) in [6.45, 7) is 3.73. The molecule has 0 bridgehead atoms. The zero-order valence-electron chi connectivity index (χ0n) is 7.40. The summed E-state index contributed by atoms with van der Waals surface area (Å²) >= 11 is 0. The van der Waals surface area contributed by atoms with Crippen molar-refractivity contribution in [2.45, 2.75) is 31.6 Å². The Morgan fingerprint density at radius 2 is 2.42 bits per heavy atom. The molecule has 4 nitrogen and oxygen atoms in total. The van der Waals surface area contributed by atoms with Gasteiger partial charge in [-0.05, 0) is 13.3 Å². The standard InChI is InChI=1S/C8H17NO3/c1-2-11-4-3-7-8(10)6(9)5-12-7/h6-8,10H,2-5,9H2,1H3/t6-,7-,8-/m0/s1. The van der Waals surface area contributed by atoms with Gasteiger partial charge in [0, 0.05) is 13.2 Å². The summed E-state index contributed by atoms with van der Waals surface area (Å²) in [5.74, 6) is 0. The van der Waals surface area contributed by atoms with Gasteiger partial charge in [-0.3, -0.25) is 0 Å². The van der Waals surface area contributed by atoms with Gasteiger partial charge in [0.25, 0.3) is 0 Å². The second-order valence-corrected chi connectivity index (χ2v) is 3.01. The summed E-state index contributed by atoms with van der Waals surface area (Å²) in [5, 5.41) is 9.45. The maximum Gasteiger partial charge on any atom is 0.0975 e. The molecule has 4 heteroatoms. The summed E-state index contributed by atoms with van der Waals surface area (Å²) in [6, 6.07) is -0.225. The summed E-state index contributed by atoms with van der Waals surface area (Å²) in [7, 11) is 0. The van der Waals surface area contributed by atoms with E-state index < -0.39 is 6.10 Å². The molecule has 0 amide bonds. The molecule has 0 aromatic heterocycles. The first kappa shape index (κ1) is 9.92. The van der Waals surface area contributed by atoms with E-state index >= 15 is 0 Å². The largest absolute Gasteiger partial charge is 0.389 e. The van der Waals surface area contributed by atoms with Crippen molar-refractivity contribution in [2.24, 2.45) is 5.73 Å². The monoisotopic (exact) mass is 175 g/mol. The molecule has 1 heterocycles. The third-order valence-corrected chi connectivity index (χ3v) is 2.07. The molecule has 1 aliphatic rings. The molecule has 0 saturated carbocycles. The van der Waals surface area contributed by atoms with Crippen LogP contribution < -0.4 is 5.73 Å². The molecule has 0 radical (unpaired) electrons. The second-order valence-electron chi connectivity index (χ2n) is 3.01. The highest BCUT2D eigenvalue weighted by molar-refractivity contribution is 4.85. The van der Waals surface area contributed by atoms with Gasteiger partial charge >= 0.3 is 0 Å². The molecule has 0 unspecified atom stereocenters. The number of hydrogen-bond donors (Lipinski definition) is 2. The normalized spacial score (nSPS) is 35.8. The molecule has 1 aliphatic heterocycles. The SMILES string of the molecule is CCOCC[C@@H]1OC[C@H](N)[C@@H]1O. The molecule has 0 aliphatic carbocycles. The van der Waals surface area contributed by atoms with Crippen LogP contribution in [0, 0.1) is 0 Å².